The van der Waals surface area contributed by atoms with E-state index in [0.717, 1.165) is 60.9 Å². The van der Waals surface area contributed by atoms with Crippen molar-refractivity contribution < 1.29 is 9.59 Å². The van der Waals surface area contributed by atoms with Gasteiger partial charge in [-0.1, -0.05) is 0 Å². The lowest BCUT2D eigenvalue weighted by Gasteiger charge is -2.24. The summed E-state index contributed by atoms with van der Waals surface area (Å²) < 4.78 is 1.76. The number of aryl methyl sites for hydroxylation is 2. The Balaban J connectivity index is 1.53. The first kappa shape index (κ1) is 16.7. The Hall–Kier alpha value is -2.44. The van der Waals surface area contributed by atoms with E-state index in [1.807, 2.05) is 20.0 Å². The minimum atomic E-state index is -0.359. The number of hydrogen-bond donors (Lipinski definition) is 1. The zero-order valence-corrected chi connectivity index (χ0v) is 15.9. The van der Waals surface area contributed by atoms with Gasteiger partial charge in [0.05, 0.1) is 16.6 Å². The van der Waals surface area contributed by atoms with Crippen molar-refractivity contribution in [1.29, 1.82) is 0 Å². The van der Waals surface area contributed by atoms with Crippen molar-refractivity contribution in [2.24, 2.45) is 7.05 Å². The summed E-state index contributed by atoms with van der Waals surface area (Å²) in [6, 6.07) is 1.90. The molecule has 142 valence electrons. The second-order valence-electron chi connectivity index (χ2n) is 8.22. The van der Waals surface area contributed by atoms with Crippen molar-refractivity contribution in [2.45, 2.75) is 63.5 Å². The molecule has 0 aromatic carbocycles. The van der Waals surface area contributed by atoms with E-state index in [4.69, 9.17) is 4.98 Å². The highest BCUT2D eigenvalue weighted by Gasteiger charge is 2.38. The third kappa shape index (κ3) is 2.89. The predicted octanol–water partition coefficient (Wildman–Crippen LogP) is 2.04. The van der Waals surface area contributed by atoms with Gasteiger partial charge in [0.2, 0.25) is 5.91 Å². The van der Waals surface area contributed by atoms with Crippen LogP contribution in [0.25, 0.3) is 11.0 Å². The van der Waals surface area contributed by atoms with Crippen molar-refractivity contribution in [1.82, 2.24) is 25.0 Å². The first-order valence-corrected chi connectivity index (χ1v) is 9.98. The Kier molecular flexibility index (Phi) is 3.74. The van der Waals surface area contributed by atoms with Crippen LogP contribution in [0.3, 0.4) is 0 Å². The van der Waals surface area contributed by atoms with E-state index in [1.54, 1.807) is 9.58 Å². The van der Waals surface area contributed by atoms with Crippen LogP contribution in [0.2, 0.25) is 0 Å². The fourth-order valence-electron chi connectivity index (χ4n) is 4.18. The lowest BCUT2D eigenvalue weighted by Crippen LogP contribution is -2.46. The number of fused-ring (bicyclic) bond motifs is 1. The van der Waals surface area contributed by atoms with Crippen LogP contribution in [0, 0.1) is 6.92 Å². The molecule has 1 saturated heterocycles. The topological polar surface area (TPSA) is 80.1 Å². The zero-order chi connectivity index (χ0) is 18.7. The summed E-state index contributed by atoms with van der Waals surface area (Å²) in [4.78, 5) is 32.7. The summed E-state index contributed by atoms with van der Waals surface area (Å²) in [5.74, 6) is 0.386. The van der Waals surface area contributed by atoms with Crippen molar-refractivity contribution >= 4 is 22.8 Å². The predicted molar refractivity (Wildman–Crippen MR) is 100 cm³/mol. The average Bonchev–Trinajstić information content (AvgIpc) is 3.57. The minimum absolute atomic E-state index is 0.000949. The summed E-state index contributed by atoms with van der Waals surface area (Å²) in [7, 11) is 1.87. The maximum absolute atomic E-state index is 13.5. The highest BCUT2D eigenvalue weighted by Crippen LogP contribution is 2.40. The molecule has 1 N–H and O–H groups in total. The standard InChI is InChI=1S/C20H25N5O2/c1-11-17-14(10-15(12-5-6-12)22-18(17)24(2)23-11)20(27)25-9-3-4-16(25)19(26)21-13-7-8-13/h10,12-13,16H,3-9H2,1-2H3,(H,21,26). The Morgan fingerprint density at radius 3 is 2.67 bits per heavy atom. The molecule has 2 saturated carbocycles. The van der Waals surface area contributed by atoms with Gasteiger partial charge in [0.15, 0.2) is 5.65 Å². The lowest BCUT2D eigenvalue weighted by molar-refractivity contribution is -0.125. The summed E-state index contributed by atoms with van der Waals surface area (Å²) in [6.45, 7) is 2.54. The first-order valence-electron chi connectivity index (χ1n) is 9.98. The van der Waals surface area contributed by atoms with Crippen LogP contribution in [-0.4, -0.2) is 50.1 Å². The zero-order valence-electron chi connectivity index (χ0n) is 15.9. The number of aromatic nitrogens is 3. The molecule has 7 heteroatoms. The monoisotopic (exact) mass is 367 g/mol. The maximum Gasteiger partial charge on any atom is 0.255 e. The molecule has 2 aliphatic carbocycles. The number of amides is 2. The van der Waals surface area contributed by atoms with Gasteiger partial charge in [-0.2, -0.15) is 5.10 Å². The second-order valence-corrected chi connectivity index (χ2v) is 8.22. The fraction of sp³-hybridized carbons (Fsp3) is 0.600. The average molecular weight is 367 g/mol. The van der Waals surface area contributed by atoms with Crippen LogP contribution in [0.15, 0.2) is 6.07 Å². The van der Waals surface area contributed by atoms with Gasteiger partial charge >= 0.3 is 0 Å². The molecule has 1 unspecified atom stereocenters. The number of pyridine rings is 1. The molecule has 2 aromatic heterocycles. The molecule has 1 atom stereocenters. The number of carbonyl (C=O) groups is 2. The molecule has 0 bridgehead atoms. The van der Waals surface area contributed by atoms with Crippen LogP contribution in [0.1, 0.15) is 66.2 Å². The van der Waals surface area contributed by atoms with Crippen molar-refractivity contribution in [3.05, 3.63) is 23.0 Å². The first-order chi connectivity index (χ1) is 13.0. The molecular formula is C20H25N5O2. The largest absolute Gasteiger partial charge is 0.352 e. The number of hydrogen-bond acceptors (Lipinski definition) is 4. The molecule has 3 aliphatic rings. The summed E-state index contributed by atoms with van der Waals surface area (Å²) >= 11 is 0. The molecular weight excluding hydrogens is 342 g/mol. The lowest BCUT2D eigenvalue weighted by atomic mass is 10.1. The molecule has 3 fully saturated rings. The van der Waals surface area contributed by atoms with Crippen molar-refractivity contribution in [3.63, 3.8) is 0 Å². The SMILES string of the molecule is Cc1nn(C)c2nc(C3CC3)cc(C(=O)N3CCCC3C(=O)NC3CC3)c12. The summed E-state index contributed by atoms with van der Waals surface area (Å²) in [6.07, 6.45) is 5.95. The van der Waals surface area contributed by atoms with E-state index in [9.17, 15) is 9.59 Å². The Morgan fingerprint density at radius 2 is 1.96 bits per heavy atom. The molecule has 7 nitrogen and oxygen atoms in total. The van der Waals surface area contributed by atoms with Crippen LogP contribution in [0.5, 0.6) is 0 Å². The van der Waals surface area contributed by atoms with Gasteiger partial charge in [0.1, 0.15) is 6.04 Å². The maximum atomic E-state index is 13.5. The Morgan fingerprint density at radius 1 is 1.19 bits per heavy atom. The van der Waals surface area contributed by atoms with E-state index in [2.05, 4.69) is 10.4 Å². The van der Waals surface area contributed by atoms with E-state index in [1.165, 1.54) is 0 Å². The molecule has 0 spiro atoms. The molecule has 5 rings (SSSR count). The molecule has 3 heterocycles. The molecule has 2 amide bonds. The summed E-state index contributed by atoms with van der Waals surface area (Å²) in [5.41, 5.74) is 3.20. The van der Waals surface area contributed by atoms with E-state index < -0.39 is 0 Å². The number of nitrogens with zero attached hydrogens (tertiary/aromatic N) is 4. The van der Waals surface area contributed by atoms with Gasteiger partial charge in [-0.05, 0) is 51.5 Å². The molecule has 2 aromatic rings. The minimum Gasteiger partial charge on any atom is -0.352 e. The molecule has 27 heavy (non-hydrogen) atoms. The van der Waals surface area contributed by atoms with Gasteiger partial charge in [0, 0.05) is 31.2 Å². The highest BCUT2D eigenvalue weighted by molar-refractivity contribution is 6.08. The van der Waals surface area contributed by atoms with Gasteiger partial charge < -0.3 is 10.2 Å². The van der Waals surface area contributed by atoms with E-state index in [-0.39, 0.29) is 17.9 Å². The Bertz CT molecular complexity index is 941. The van der Waals surface area contributed by atoms with Crippen LogP contribution in [0.4, 0.5) is 0 Å². The van der Waals surface area contributed by atoms with Crippen LogP contribution >= 0.6 is 0 Å². The van der Waals surface area contributed by atoms with Crippen LogP contribution in [-0.2, 0) is 11.8 Å². The number of rotatable bonds is 4. The number of nitrogens with one attached hydrogen (secondary N) is 1. The normalized spacial score (nSPS) is 22.4. The van der Waals surface area contributed by atoms with Gasteiger partial charge in [-0.3, -0.25) is 14.3 Å². The second kappa shape index (κ2) is 6.04. The Labute approximate surface area is 158 Å². The number of likely N-dealkylation sites (tertiary alicyclic amines) is 1. The van der Waals surface area contributed by atoms with Crippen molar-refractivity contribution in [3.8, 4) is 0 Å². The fourth-order valence-corrected chi connectivity index (χ4v) is 4.18. The third-order valence-electron chi connectivity index (χ3n) is 5.95. The van der Waals surface area contributed by atoms with E-state index in [0.29, 0.717) is 24.1 Å². The van der Waals surface area contributed by atoms with E-state index >= 15 is 0 Å². The quantitative estimate of drug-likeness (QED) is 0.897. The van der Waals surface area contributed by atoms with Crippen molar-refractivity contribution in [2.75, 3.05) is 6.54 Å². The van der Waals surface area contributed by atoms with Gasteiger partial charge in [-0.15, -0.1) is 0 Å². The van der Waals surface area contributed by atoms with Gasteiger partial charge in [-0.25, -0.2) is 4.98 Å². The smallest absolute Gasteiger partial charge is 0.255 e. The third-order valence-corrected chi connectivity index (χ3v) is 5.95. The van der Waals surface area contributed by atoms with Gasteiger partial charge in [0.25, 0.3) is 5.91 Å². The number of carbonyl (C=O) groups excluding carboxylic acids is 2. The molecule has 0 radical (unpaired) electrons. The summed E-state index contributed by atoms with van der Waals surface area (Å²) in [5, 5.41) is 8.37. The van der Waals surface area contributed by atoms with Crippen LogP contribution < -0.4 is 5.32 Å². The molecule has 1 aliphatic heterocycles. The highest BCUT2D eigenvalue weighted by atomic mass is 16.2.